The minimum absolute atomic E-state index is 0.0707. The number of benzene rings is 2. The maximum Gasteiger partial charge on any atom is 0.238 e. The molecule has 0 aromatic heterocycles. The molecule has 5 heteroatoms. The van der Waals surface area contributed by atoms with Gasteiger partial charge in [0.05, 0.1) is 17.1 Å². The number of carbonyl (C=O) groups excluding carboxylic acids is 1. The van der Waals surface area contributed by atoms with E-state index in [0.717, 1.165) is 19.4 Å². The number of nitrogens with zero attached hydrogens (tertiary/aromatic N) is 2. The Balaban J connectivity index is 1.64. The van der Waals surface area contributed by atoms with E-state index in [0.29, 0.717) is 28.9 Å². The van der Waals surface area contributed by atoms with Gasteiger partial charge in [-0.05, 0) is 43.1 Å². The number of nitriles is 1. The van der Waals surface area contributed by atoms with Crippen LogP contribution in [0.15, 0.2) is 48.5 Å². The molecule has 3 rings (SSSR count). The van der Waals surface area contributed by atoms with Gasteiger partial charge < -0.3 is 5.32 Å². The molecule has 1 atom stereocenters. The van der Waals surface area contributed by atoms with Crippen LogP contribution in [0.3, 0.4) is 0 Å². The quantitative estimate of drug-likeness (QED) is 0.916. The van der Waals surface area contributed by atoms with Crippen molar-refractivity contribution < 1.29 is 4.79 Å². The smallest absolute Gasteiger partial charge is 0.238 e. The molecule has 1 aliphatic rings. The summed E-state index contributed by atoms with van der Waals surface area (Å²) in [5.74, 6) is -0.0707. The van der Waals surface area contributed by atoms with E-state index in [1.165, 1.54) is 5.56 Å². The highest BCUT2D eigenvalue weighted by molar-refractivity contribution is 6.32. The highest BCUT2D eigenvalue weighted by Gasteiger charge is 2.27. The zero-order valence-corrected chi connectivity index (χ0v) is 14.0. The van der Waals surface area contributed by atoms with Gasteiger partial charge in [0.15, 0.2) is 0 Å². The first-order valence-electron chi connectivity index (χ1n) is 7.96. The van der Waals surface area contributed by atoms with Gasteiger partial charge in [-0.15, -0.1) is 0 Å². The third kappa shape index (κ3) is 3.76. The van der Waals surface area contributed by atoms with Crippen molar-refractivity contribution in [3.05, 3.63) is 64.7 Å². The molecule has 4 nitrogen and oxygen atoms in total. The fourth-order valence-electron chi connectivity index (χ4n) is 3.14. The van der Waals surface area contributed by atoms with Gasteiger partial charge in [-0.25, -0.2) is 0 Å². The summed E-state index contributed by atoms with van der Waals surface area (Å²) >= 11 is 6.00. The highest BCUT2D eigenvalue weighted by atomic mass is 35.5. The topological polar surface area (TPSA) is 56.1 Å². The Morgan fingerprint density at radius 3 is 2.79 bits per heavy atom. The molecule has 122 valence electrons. The first-order chi connectivity index (χ1) is 11.7. The predicted octanol–water partition coefficient (Wildman–Crippen LogP) is 3.99. The van der Waals surface area contributed by atoms with Crippen LogP contribution >= 0.6 is 11.6 Å². The van der Waals surface area contributed by atoms with E-state index in [1.807, 2.05) is 24.3 Å². The van der Waals surface area contributed by atoms with Crippen molar-refractivity contribution in [2.24, 2.45) is 0 Å². The molecule has 1 N–H and O–H groups in total. The first kappa shape index (κ1) is 16.5. The second kappa shape index (κ2) is 7.48. The number of nitrogens with one attached hydrogen (secondary N) is 1. The second-order valence-electron chi connectivity index (χ2n) is 5.89. The molecular formula is C19H18ClN3O. The van der Waals surface area contributed by atoms with Crippen molar-refractivity contribution in [3.63, 3.8) is 0 Å². The third-order valence-corrected chi connectivity index (χ3v) is 4.58. The van der Waals surface area contributed by atoms with Crippen LogP contribution in [0.2, 0.25) is 5.02 Å². The Hall–Kier alpha value is -2.35. The molecule has 0 aliphatic carbocycles. The van der Waals surface area contributed by atoms with Gasteiger partial charge >= 0.3 is 0 Å². The van der Waals surface area contributed by atoms with Gasteiger partial charge in [0.2, 0.25) is 5.91 Å². The first-order valence-corrected chi connectivity index (χ1v) is 8.33. The van der Waals surface area contributed by atoms with E-state index >= 15 is 0 Å². The van der Waals surface area contributed by atoms with Crippen molar-refractivity contribution >= 4 is 23.2 Å². The van der Waals surface area contributed by atoms with Crippen molar-refractivity contribution in [2.75, 3.05) is 18.4 Å². The molecule has 0 radical (unpaired) electrons. The Morgan fingerprint density at radius 2 is 2.08 bits per heavy atom. The zero-order valence-electron chi connectivity index (χ0n) is 13.2. The Morgan fingerprint density at radius 1 is 1.29 bits per heavy atom. The largest absolute Gasteiger partial charge is 0.325 e. The van der Waals surface area contributed by atoms with Gasteiger partial charge in [-0.2, -0.15) is 5.26 Å². The highest BCUT2D eigenvalue weighted by Crippen LogP contribution is 2.31. The van der Waals surface area contributed by atoms with Crippen molar-refractivity contribution in [1.82, 2.24) is 4.90 Å². The molecular weight excluding hydrogens is 322 g/mol. The van der Waals surface area contributed by atoms with Crippen LogP contribution in [0, 0.1) is 11.3 Å². The number of amides is 1. The molecule has 2 aromatic carbocycles. The Labute approximate surface area is 146 Å². The lowest BCUT2D eigenvalue weighted by atomic mass is 10.0. The van der Waals surface area contributed by atoms with Crippen LogP contribution in [0.4, 0.5) is 5.69 Å². The summed E-state index contributed by atoms with van der Waals surface area (Å²) < 4.78 is 0. The lowest BCUT2D eigenvalue weighted by molar-refractivity contribution is -0.117. The standard InChI is InChI=1S/C19H18ClN3O/c20-17-11-16(9-8-15(17)12-21)22-19(24)13-23-10-4-7-18(23)14-5-2-1-3-6-14/h1-3,5-6,8-9,11,18H,4,7,10,13H2,(H,22,24). The van der Waals surface area contributed by atoms with E-state index in [-0.39, 0.29) is 5.91 Å². The summed E-state index contributed by atoms with van der Waals surface area (Å²) in [4.78, 5) is 14.6. The molecule has 1 unspecified atom stereocenters. The average Bonchev–Trinajstić information content (AvgIpc) is 3.04. The molecule has 0 bridgehead atoms. The molecule has 0 saturated carbocycles. The van der Waals surface area contributed by atoms with Crippen LogP contribution in [-0.4, -0.2) is 23.9 Å². The average molecular weight is 340 g/mol. The Kier molecular flexibility index (Phi) is 5.14. The van der Waals surface area contributed by atoms with Gasteiger partial charge in [0, 0.05) is 11.7 Å². The molecule has 1 saturated heterocycles. The molecule has 1 amide bonds. The SMILES string of the molecule is N#Cc1ccc(NC(=O)CN2CCCC2c2ccccc2)cc1Cl. The lowest BCUT2D eigenvalue weighted by Gasteiger charge is -2.24. The maximum absolute atomic E-state index is 12.4. The van der Waals surface area contributed by atoms with E-state index in [2.05, 4.69) is 22.3 Å². The van der Waals surface area contributed by atoms with Gasteiger partial charge in [-0.1, -0.05) is 41.9 Å². The fraction of sp³-hybridized carbons (Fsp3) is 0.263. The normalized spacial score (nSPS) is 17.4. The summed E-state index contributed by atoms with van der Waals surface area (Å²) in [6, 6.07) is 17.5. The second-order valence-corrected chi connectivity index (χ2v) is 6.30. The van der Waals surface area contributed by atoms with E-state index in [9.17, 15) is 4.79 Å². The van der Waals surface area contributed by atoms with E-state index < -0.39 is 0 Å². The van der Waals surface area contributed by atoms with Gasteiger partial charge in [-0.3, -0.25) is 9.69 Å². The number of hydrogen-bond donors (Lipinski definition) is 1. The minimum atomic E-state index is -0.0707. The van der Waals surface area contributed by atoms with Gasteiger partial charge in [0.1, 0.15) is 6.07 Å². The number of anilines is 1. The number of likely N-dealkylation sites (tertiary alicyclic amines) is 1. The molecule has 2 aromatic rings. The molecule has 0 spiro atoms. The molecule has 1 heterocycles. The number of hydrogen-bond acceptors (Lipinski definition) is 3. The van der Waals surface area contributed by atoms with Crippen LogP contribution < -0.4 is 5.32 Å². The van der Waals surface area contributed by atoms with Crippen LogP contribution in [0.5, 0.6) is 0 Å². The monoisotopic (exact) mass is 339 g/mol. The number of carbonyl (C=O) groups is 1. The number of rotatable bonds is 4. The number of halogens is 1. The summed E-state index contributed by atoms with van der Waals surface area (Å²) in [6.45, 7) is 1.26. The third-order valence-electron chi connectivity index (χ3n) is 4.27. The minimum Gasteiger partial charge on any atom is -0.325 e. The summed E-state index contributed by atoms with van der Waals surface area (Å²) in [6.07, 6.45) is 2.16. The van der Waals surface area contributed by atoms with Crippen molar-refractivity contribution in [3.8, 4) is 6.07 Å². The Bertz CT molecular complexity index is 770. The predicted molar refractivity (Wildman–Crippen MR) is 94.8 cm³/mol. The van der Waals surface area contributed by atoms with Crippen LogP contribution in [0.1, 0.15) is 30.0 Å². The molecule has 1 fully saturated rings. The van der Waals surface area contributed by atoms with Crippen LogP contribution in [0.25, 0.3) is 0 Å². The fourth-order valence-corrected chi connectivity index (χ4v) is 3.36. The summed E-state index contributed by atoms with van der Waals surface area (Å²) in [5.41, 5.74) is 2.27. The lowest BCUT2D eigenvalue weighted by Crippen LogP contribution is -2.32. The summed E-state index contributed by atoms with van der Waals surface area (Å²) in [5, 5.41) is 12.1. The van der Waals surface area contributed by atoms with Crippen molar-refractivity contribution in [1.29, 1.82) is 5.26 Å². The zero-order chi connectivity index (χ0) is 16.9. The van der Waals surface area contributed by atoms with Crippen molar-refractivity contribution in [2.45, 2.75) is 18.9 Å². The molecule has 24 heavy (non-hydrogen) atoms. The molecule has 1 aliphatic heterocycles. The van der Waals surface area contributed by atoms with E-state index in [1.54, 1.807) is 18.2 Å². The summed E-state index contributed by atoms with van der Waals surface area (Å²) in [7, 11) is 0. The van der Waals surface area contributed by atoms with E-state index in [4.69, 9.17) is 16.9 Å². The van der Waals surface area contributed by atoms with Crippen LogP contribution in [-0.2, 0) is 4.79 Å². The van der Waals surface area contributed by atoms with Gasteiger partial charge in [0.25, 0.3) is 0 Å². The maximum atomic E-state index is 12.4.